The molecule has 1 atom stereocenters. The van der Waals surface area contributed by atoms with E-state index in [2.05, 4.69) is 5.10 Å². The first kappa shape index (κ1) is 12.5. The molecule has 0 spiro atoms. The number of hydrogen-bond acceptors (Lipinski definition) is 3. The van der Waals surface area contributed by atoms with Gasteiger partial charge in [0.25, 0.3) is 0 Å². The summed E-state index contributed by atoms with van der Waals surface area (Å²) in [6.45, 7) is 5.95. The largest absolute Gasteiger partial charge is 0.377 e. The van der Waals surface area contributed by atoms with Crippen molar-refractivity contribution in [1.82, 2.24) is 9.78 Å². The third kappa shape index (κ3) is 3.48. The fourth-order valence-electron chi connectivity index (χ4n) is 1.42. The molecule has 86 valence electrons. The Labute approximate surface area is 95.3 Å². The van der Waals surface area contributed by atoms with Gasteiger partial charge in [-0.15, -0.1) is 0 Å². The van der Waals surface area contributed by atoms with Crippen LogP contribution in [0.2, 0.25) is 5.02 Å². The molecule has 5 heteroatoms. The van der Waals surface area contributed by atoms with E-state index in [9.17, 15) is 0 Å². The normalized spacial score (nSPS) is 13.1. The molecule has 0 aliphatic rings. The predicted octanol–water partition coefficient (Wildman–Crippen LogP) is 1.60. The highest BCUT2D eigenvalue weighted by Gasteiger charge is 2.08. The van der Waals surface area contributed by atoms with E-state index in [-0.39, 0.29) is 6.10 Å². The van der Waals surface area contributed by atoms with E-state index in [1.54, 1.807) is 6.20 Å². The lowest BCUT2D eigenvalue weighted by molar-refractivity contribution is 0.0591. The zero-order chi connectivity index (χ0) is 11.3. The van der Waals surface area contributed by atoms with Crippen LogP contribution in [0, 0.1) is 6.92 Å². The van der Waals surface area contributed by atoms with Crippen LogP contribution in [0.3, 0.4) is 0 Å². The molecule has 1 heterocycles. The fraction of sp³-hybridized carbons (Fsp3) is 0.700. The number of aryl methyl sites for hydroxylation is 1. The number of ether oxygens (including phenoxy) is 1. The molecule has 0 saturated heterocycles. The lowest BCUT2D eigenvalue weighted by Crippen LogP contribution is -2.25. The molecule has 4 nitrogen and oxygen atoms in total. The number of aromatic nitrogens is 2. The van der Waals surface area contributed by atoms with Crippen LogP contribution >= 0.6 is 11.6 Å². The first-order valence-electron chi connectivity index (χ1n) is 5.18. The smallest absolute Gasteiger partial charge is 0.0814 e. The van der Waals surface area contributed by atoms with E-state index in [1.807, 2.05) is 18.5 Å². The molecule has 0 fully saturated rings. The highest BCUT2D eigenvalue weighted by atomic mass is 35.5. The van der Waals surface area contributed by atoms with Crippen molar-refractivity contribution in [3.05, 3.63) is 16.9 Å². The highest BCUT2D eigenvalue weighted by Crippen LogP contribution is 2.14. The van der Waals surface area contributed by atoms with Crippen LogP contribution in [0.25, 0.3) is 0 Å². The van der Waals surface area contributed by atoms with Gasteiger partial charge in [0, 0.05) is 19.7 Å². The maximum Gasteiger partial charge on any atom is 0.0814 e. The fourth-order valence-corrected chi connectivity index (χ4v) is 1.56. The highest BCUT2D eigenvalue weighted by molar-refractivity contribution is 6.31. The minimum atomic E-state index is 0.109. The lowest BCUT2D eigenvalue weighted by Gasteiger charge is -2.15. The Morgan fingerprint density at radius 3 is 2.87 bits per heavy atom. The summed E-state index contributed by atoms with van der Waals surface area (Å²) in [6.07, 6.45) is 2.63. The molecule has 1 unspecified atom stereocenters. The number of nitrogens with two attached hydrogens (primary N) is 1. The molecule has 0 radical (unpaired) electrons. The summed E-state index contributed by atoms with van der Waals surface area (Å²) in [4.78, 5) is 0. The van der Waals surface area contributed by atoms with E-state index < -0.39 is 0 Å². The molecule has 1 aromatic heterocycles. The molecule has 0 bridgehead atoms. The Morgan fingerprint density at radius 2 is 2.40 bits per heavy atom. The molecule has 0 aliphatic heterocycles. The third-order valence-corrected chi connectivity index (χ3v) is 2.74. The maximum atomic E-state index is 5.90. The molecule has 15 heavy (non-hydrogen) atoms. The standard InChI is InChI=1S/C10H18ClN3O/c1-3-15-9(6-12)4-5-14-8(2)10(11)7-13-14/h7,9H,3-6,12H2,1-2H3. The molecule has 2 N–H and O–H groups in total. The van der Waals surface area contributed by atoms with E-state index in [0.717, 1.165) is 18.7 Å². The average Bonchev–Trinajstić information content (AvgIpc) is 2.55. The van der Waals surface area contributed by atoms with Gasteiger partial charge in [-0.25, -0.2) is 0 Å². The van der Waals surface area contributed by atoms with Crippen molar-refractivity contribution >= 4 is 11.6 Å². The first-order chi connectivity index (χ1) is 7.19. The van der Waals surface area contributed by atoms with Crippen molar-refractivity contribution < 1.29 is 4.74 Å². The second-order valence-electron chi connectivity index (χ2n) is 3.40. The zero-order valence-electron chi connectivity index (χ0n) is 9.24. The van der Waals surface area contributed by atoms with Crippen molar-refractivity contribution in [3.8, 4) is 0 Å². The van der Waals surface area contributed by atoms with Crippen molar-refractivity contribution in [2.75, 3.05) is 13.2 Å². The van der Waals surface area contributed by atoms with Gasteiger partial charge in [-0.3, -0.25) is 4.68 Å². The number of hydrogen-bond donors (Lipinski definition) is 1. The van der Waals surface area contributed by atoms with Gasteiger partial charge in [0.05, 0.1) is 23.0 Å². The van der Waals surface area contributed by atoms with Gasteiger partial charge in [-0.1, -0.05) is 11.6 Å². The molecule has 0 aliphatic carbocycles. The predicted molar refractivity (Wildman–Crippen MR) is 61.1 cm³/mol. The number of nitrogens with zero attached hydrogens (tertiary/aromatic N) is 2. The van der Waals surface area contributed by atoms with Gasteiger partial charge in [0.1, 0.15) is 0 Å². The Balaban J connectivity index is 2.45. The van der Waals surface area contributed by atoms with Crippen molar-refractivity contribution in [2.45, 2.75) is 32.9 Å². The molecule has 0 saturated carbocycles. The summed E-state index contributed by atoms with van der Waals surface area (Å²) in [5, 5.41) is 4.87. The monoisotopic (exact) mass is 231 g/mol. The Kier molecular flexibility index (Phi) is 5.08. The molecular formula is C10H18ClN3O. The molecule has 0 amide bonds. The van der Waals surface area contributed by atoms with Gasteiger partial charge < -0.3 is 10.5 Å². The summed E-state index contributed by atoms with van der Waals surface area (Å²) in [5.74, 6) is 0. The van der Waals surface area contributed by atoms with Crippen molar-refractivity contribution in [2.24, 2.45) is 5.73 Å². The quantitative estimate of drug-likeness (QED) is 0.809. The second kappa shape index (κ2) is 6.10. The molecule has 1 rings (SSSR count). The summed E-state index contributed by atoms with van der Waals surface area (Å²) in [7, 11) is 0. The van der Waals surface area contributed by atoms with Crippen LogP contribution in [-0.4, -0.2) is 29.0 Å². The Hall–Kier alpha value is -0.580. The van der Waals surface area contributed by atoms with Crippen LogP contribution in [-0.2, 0) is 11.3 Å². The van der Waals surface area contributed by atoms with Crippen LogP contribution < -0.4 is 5.73 Å². The summed E-state index contributed by atoms with van der Waals surface area (Å²) < 4.78 is 7.34. The van der Waals surface area contributed by atoms with Crippen LogP contribution in [0.15, 0.2) is 6.20 Å². The Morgan fingerprint density at radius 1 is 1.67 bits per heavy atom. The third-order valence-electron chi connectivity index (χ3n) is 2.37. The van der Waals surface area contributed by atoms with Crippen LogP contribution in [0.1, 0.15) is 19.0 Å². The topological polar surface area (TPSA) is 53.1 Å². The molecule has 1 aromatic rings. The summed E-state index contributed by atoms with van der Waals surface area (Å²) in [6, 6.07) is 0. The number of halogens is 1. The van der Waals surface area contributed by atoms with Gasteiger partial charge in [0.15, 0.2) is 0 Å². The zero-order valence-corrected chi connectivity index (χ0v) is 10.00. The van der Waals surface area contributed by atoms with Gasteiger partial charge in [-0.05, 0) is 20.3 Å². The Bertz CT molecular complexity index is 301. The van der Waals surface area contributed by atoms with Crippen molar-refractivity contribution in [3.63, 3.8) is 0 Å². The van der Waals surface area contributed by atoms with Gasteiger partial charge >= 0.3 is 0 Å². The van der Waals surface area contributed by atoms with Crippen LogP contribution in [0.4, 0.5) is 0 Å². The van der Waals surface area contributed by atoms with E-state index in [0.29, 0.717) is 18.2 Å². The minimum absolute atomic E-state index is 0.109. The van der Waals surface area contributed by atoms with Gasteiger partial charge in [0.2, 0.25) is 0 Å². The lowest BCUT2D eigenvalue weighted by atomic mass is 10.2. The van der Waals surface area contributed by atoms with E-state index in [1.165, 1.54) is 0 Å². The first-order valence-corrected chi connectivity index (χ1v) is 5.56. The van der Waals surface area contributed by atoms with Crippen molar-refractivity contribution in [1.29, 1.82) is 0 Å². The van der Waals surface area contributed by atoms with E-state index in [4.69, 9.17) is 22.1 Å². The van der Waals surface area contributed by atoms with Crippen LogP contribution in [0.5, 0.6) is 0 Å². The minimum Gasteiger partial charge on any atom is -0.377 e. The number of rotatable bonds is 6. The average molecular weight is 232 g/mol. The molecular weight excluding hydrogens is 214 g/mol. The molecule has 0 aromatic carbocycles. The van der Waals surface area contributed by atoms with E-state index >= 15 is 0 Å². The summed E-state index contributed by atoms with van der Waals surface area (Å²) in [5.41, 5.74) is 6.58. The second-order valence-corrected chi connectivity index (χ2v) is 3.81. The SMILES string of the molecule is CCOC(CN)CCn1ncc(Cl)c1C. The van der Waals surface area contributed by atoms with Gasteiger partial charge in [-0.2, -0.15) is 5.10 Å². The summed E-state index contributed by atoms with van der Waals surface area (Å²) >= 11 is 5.90. The maximum absolute atomic E-state index is 5.90.